The van der Waals surface area contributed by atoms with Crippen LogP contribution in [0, 0.1) is 28.6 Å². The number of aliphatic hydroxyl groups excluding tert-OH is 3. The van der Waals surface area contributed by atoms with Gasteiger partial charge in [-0.15, -0.1) is 0 Å². The molecule has 0 saturated heterocycles. The van der Waals surface area contributed by atoms with Crippen molar-refractivity contribution in [2.24, 2.45) is 28.6 Å². The normalized spacial score (nSPS) is 41.5. The number of esters is 1. The van der Waals surface area contributed by atoms with E-state index in [4.69, 9.17) is 4.74 Å². The van der Waals surface area contributed by atoms with E-state index in [1.54, 1.807) is 19.9 Å². The molecule has 6 N–H and O–H groups in total. The average molecular weight is 660 g/mol. The van der Waals surface area contributed by atoms with Gasteiger partial charge in [-0.2, -0.15) is 0 Å². The van der Waals surface area contributed by atoms with Crippen molar-refractivity contribution >= 4 is 27.7 Å². The zero-order chi connectivity index (χ0) is 31.3. The first kappa shape index (κ1) is 34.0. The lowest BCUT2D eigenvalue weighted by molar-refractivity contribution is -0.177. The number of unbranched alkanes of at least 4 members (excludes halogenated alkanes) is 1. The first-order valence-electron chi connectivity index (χ1n) is 15.6. The van der Waals surface area contributed by atoms with Crippen LogP contribution in [-0.2, 0) is 14.3 Å². The van der Waals surface area contributed by atoms with Gasteiger partial charge in [0.15, 0.2) is 5.78 Å². The Hall–Kier alpha value is -0.880. The zero-order valence-electron chi connectivity index (χ0n) is 25.5. The van der Waals surface area contributed by atoms with Crippen LogP contribution >= 0.6 is 15.9 Å². The monoisotopic (exact) mass is 658 g/mol. The van der Waals surface area contributed by atoms with Crippen molar-refractivity contribution in [3.8, 4) is 0 Å². The van der Waals surface area contributed by atoms with Crippen molar-refractivity contribution < 1.29 is 45.0 Å². The van der Waals surface area contributed by atoms with Crippen LogP contribution in [0.2, 0.25) is 0 Å². The molecule has 240 valence electrons. The highest BCUT2D eigenvalue weighted by Crippen LogP contribution is 2.68. The highest BCUT2D eigenvalue weighted by molar-refractivity contribution is 9.09. The Morgan fingerprint density at radius 2 is 1.79 bits per heavy atom. The molecular weight excluding hydrogens is 608 g/mol. The molecule has 9 nitrogen and oxygen atoms in total. The van der Waals surface area contributed by atoms with Crippen LogP contribution in [0.15, 0.2) is 11.6 Å². The third-order valence-electron chi connectivity index (χ3n) is 11.9. The minimum Gasteiger partial charge on any atom is -0.465 e. The van der Waals surface area contributed by atoms with E-state index in [0.29, 0.717) is 56.9 Å². The third-order valence-corrected chi connectivity index (χ3v) is 12.4. The molecule has 0 amide bonds. The number of hydrogen-bond acceptors (Lipinski definition) is 9. The molecule has 42 heavy (non-hydrogen) atoms. The summed E-state index contributed by atoms with van der Waals surface area (Å²) in [5.41, 5.74) is -4.61. The van der Waals surface area contributed by atoms with Crippen LogP contribution in [0.5, 0.6) is 0 Å². The lowest BCUT2D eigenvalue weighted by Gasteiger charge is -2.60. The number of aliphatic hydroxyl groups is 6. The minimum atomic E-state index is -1.54. The summed E-state index contributed by atoms with van der Waals surface area (Å²) in [7, 11) is 0. The van der Waals surface area contributed by atoms with Crippen LogP contribution < -0.4 is 0 Å². The van der Waals surface area contributed by atoms with Gasteiger partial charge in [0.25, 0.3) is 0 Å². The van der Waals surface area contributed by atoms with E-state index in [-0.39, 0.29) is 48.9 Å². The van der Waals surface area contributed by atoms with Gasteiger partial charge in [0, 0.05) is 11.3 Å². The number of carbonyl (C=O) groups excluding carboxylic acids is 2. The van der Waals surface area contributed by atoms with E-state index in [0.717, 1.165) is 0 Å². The summed E-state index contributed by atoms with van der Waals surface area (Å²) in [5, 5.41) is 67.4. The summed E-state index contributed by atoms with van der Waals surface area (Å²) < 4.78 is 5.04. The average Bonchev–Trinajstić information content (AvgIpc) is 3.20. The van der Waals surface area contributed by atoms with Crippen molar-refractivity contribution in [1.29, 1.82) is 0 Å². The first-order chi connectivity index (χ1) is 19.4. The highest BCUT2D eigenvalue weighted by Gasteiger charge is 2.69. The van der Waals surface area contributed by atoms with E-state index in [1.807, 2.05) is 13.8 Å². The number of fused-ring (bicyclic) bond motifs is 5. The Labute approximate surface area is 257 Å². The summed E-state index contributed by atoms with van der Waals surface area (Å²) in [6, 6.07) is 0. The largest absolute Gasteiger partial charge is 0.465 e. The van der Waals surface area contributed by atoms with Gasteiger partial charge in [-0.25, -0.2) is 0 Å². The number of carbonyl (C=O) groups is 2. The minimum absolute atomic E-state index is 0.118. The lowest BCUT2D eigenvalue weighted by Crippen LogP contribution is -2.62. The maximum absolute atomic E-state index is 13.4. The van der Waals surface area contributed by atoms with Gasteiger partial charge in [0.05, 0.1) is 41.7 Å². The molecule has 0 spiro atoms. The van der Waals surface area contributed by atoms with Gasteiger partial charge in [-0.1, -0.05) is 29.8 Å². The van der Waals surface area contributed by atoms with Gasteiger partial charge in [0.1, 0.15) is 5.33 Å². The van der Waals surface area contributed by atoms with Crippen LogP contribution in [0.25, 0.3) is 0 Å². The van der Waals surface area contributed by atoms with Crippen molar-refractivity contribution in [3.05, 3.63) is 11.6 Å². The van der Waals surface area contributed by atoms with E-state index >= 15 is 0 Å². The van der Waals surface area contributed by atoms with Crippen LogP contribution in [0.3, 0.4) is 0 Å². The Kier molecular flexibility index (Phi) is 9.83. The Balaban J connectivity index is 1.44. The fourth-order valence-electron chi connectivity index (χ4n) is 9.24. The molecule has 0 aliphatic heterocycles. The van der Waals surface area contributed by atoms with Crippen LogP contribution in [0.4, 0.5) is 0 Å². The molecule has 4 aliphatic rings. The Morgan fingerprint density at radius 3 is 2.45 bits per heavy atom. The number of hydrogen-bond donors (Lipinski definition) is 6. The molecule has 0 aromatic carbocycles. The molecule has 0 aromatic rings. The molecule has 0 bridgehead atoms. The van der Waals surface area contributed by atoms with E-state index in [9.17, 15) is 40.2 Å². The molecule has 0 aromatic heterocycles. The summed E-state index contributed by atoms with van der Waals surface area (Å²) in [5.74, 6) is -1.42. The zero-order valence-corrected chi connectivity index (χ0v) is 27.1. The summed E-state index contributed by atoms with van der Waals surface area (Å²) in [6.45, 7) is 7.57. The van der Waals surface area contributed by atoms with Gasteiger partial charge < -0.3 is 35.4 Å². The van der Waals surface area contributed by atoms with Crippen molar-refractivity contribution in [3.63, 3.8) is 0 Å². The standard InChI is InChI=1S/C32H51BrO9/c1-28(39,10-5-6-14-42-27(38)18-33)11-9-26(37)31(4,40)25-8-13-32(41)20-15-22(34)21-16-23(35)24(36)17-29(21,2)19(20)7-12-30(25,32)3/h15,19,21,23-26,35-37,39-41H,5-14,16-18H2,1-4H3/t19-,21?,23?,24?,25-,26?,28?,29+,30+,31+,32+/m0/s1. The first-order valence-corrected chi connectivity index (χ1v) is 16.7. The number of ketones is 1. The SMILES string of the molecule is CC(O)(CCCCOC(=O)CBr)CCC(O)[C@](C)(O)[C@H]1CC[C@@]2(O)C3=CC(=O)C4CC(O)C(O)C[C@]4(C)[C@H]3CC[C@]12C. The number of halogens is 1. The predicted octanol–water partition coefficient (Wildman–Crippen LogP) is 2.94. The summed E-state index contributed by atoms with van der Waals surface area (Å²) in [4.78, 5) is 24.6. The quantitative estimate of drug-likeness (QED) is 0.111. The van der Waals surface area contributed by atoms with Gasteiger partial charge >= 0.3 is 5.97 Å². The maximum atomic E-state index is 13.4. The third kappa shape index (κ3) is 5.90. The fourth-order valence-corrected chi connectivity index (χ4v) is 9.40. The highest BCUT2D eigenvalue weighted by atomic mass is 79.9. The van der Waals surface area contributed by atoms with Crippen molar-refractivity contribution in [1.82, 2.24) is 0 Å². The molecule has 10 heteroatoms. The molecule has 0 radical (unpaired) electrons. The lowest BCUT2D eigenvalue weighted by atomic mass is 9.45. The molecule has 4 aliphatic carbocycles. The Morgan fingerprint density at radius 1 is 1.10 bits per heavy atom. The van der Waals surface area contributed by atoms with Crippen LogP contribution in [-0.4, -0.2) is 89.4 Å². The second kappa shape index (κ2) is 12.1. The van der Waals surface area contributed by atoms with E-state index in [2.05, 4.69) is 15.9 Å². The van der Waals surface area contributed by atoms with Crippen LogP contribution in [0.1, 0.15) is 98.3 Å². The molecule has 4 rings (SSSR count). The smallest absolute Gasteiger partial charge is 0.316 e. The second-order valence-electron chi connectivity index (χ2n) is 14.7. The number of alkyl halides is 1. The summed E-state index contributed by atoms with van der Waals surface area (Å²) >= 11 is 3.05. The number of rotatable bonds is 11. The second-order valence-corrected chi connectivity index (χ2v) is 15.2. The predicted molar refractivity (Wildman–Crippen MR) is 160 cm³/mol. The molecule has 3 fully saturated rings. The Bertz CT molecular complexity index is 1060. The number of ether oxygens (including phenoxy) is 1. The summed E-state index contributed by atoms with van der Waals surface area (Å²) in [6.07, 6.45) is 3.38. The molecule has 5 unspecified atom stereocenters. The molecule has 11 atom stereocenters. The van der Waals surface area contributed by atoms with E-state index in [1.165, 1.54) is 0 Å². The number of allylic oxidation sites excluding steroid dienone is 1. The maximum Gasteiger partial charge on any atom is 0.316 e. The van der Waals surface area contributed by atoms with Gasteiger partial charge in [0.2, 0.25) is 0 Å². The topological polar surface area (TPSA) is 165 Å². The fraction of sp³-hybridized carbons (Fsp3) is 0.875. The van der Waals surface area contributed by atoms with Gasteiger partial charge in [-0.05, 0) is 113 Å². The van der Waals surface area contributed by atoms with Gasteiger partial charge in [-0.3, -0.25) is 9.59 Å². The molecular formula is C32H51BrO9. The molecule has 0 heterocycles. The van der Waals surface area contributed by atoms with E-state index < -0.39 is 57.8 Å². The molecule has 3 saturated carbocycles. The van der Waals surface area contributed by atoms with Crippen molar-refractivity contribution in [2.45, 2.75) is 133 Å². The van der Waals surface area contributed by atoms with Crippen molar-refractivity contribution in [2.75, 3.05) is 11.9 Å².